The number of sulfonamides is 1. The first-order valence-corrected chi connectivity index (χ1v) is 7.96. The fourth-order valence-electron chi connectivity index (χ4n) is 2.23. The lowest BCUT2D eigenvalue weighted by Crippen LogP contribution is -2.34. The summed E-state index contributed by atoms with van der Waals surface area (Å²) in [7, 11) is -3.60. The molecule has 0 radical (unpaired) electrons. The Morgan fingerprint density at radius 1 is 1.35 bits per heavy atom. The van der Waals surface area contributed by atoms with Crippen molar-refractivity contribution in [3.05, 3.63) is 29.8 Å². The zero-order chi connectivity index (χ0) is 14.8. The van der Waals surface area contributed by atoms with Gasteiger partial charge in [-0.1, -0.05) is 26.0 Å². The molecule has 0 aromatic heterocycles. The summed E-state index contributed by atoms with van der Waals surface area (Å²) < 4.78 is 28.0. The average Bonchev–Trinajstić information content (AvgIpc) is 2.67. The molecule has 0 bridgehead atoms. The number of nitrogens with zero attached hydrogens (tertiary/aromatic N) is 3. The van der Waals surface area contributed by atoms with Gasteiger partial charge in [-0.3, -0.25) is 0 Å². The minimum Gasteiger partial charge on any atom is -0.354 e. The van der Waals surface area contributed by atoms with Gasteiger partial charge in [-0.2, -0.15) is 13.7 Å². The van der Waals surface area contributed by atoms with Gasteiger partial charge in [-0.05, 0) is 18.1 Å². The molecule has 0 saturated heterocycles. The lowest BCUT2D eigenvalue weighted by Gasteiger charge is -2.25. The van der Waals surface area contributed by atoms with Crippen molar-refractivity contribution in [3.8, 4) is 6.07 Å². The monoisotopic (exact) mass is 291 g/mol. The van der Waals surface area contributed by atoms with E-state index in [-0.39, 0.29) is 4.90 Å². The third-order valence-electron chi connectivity index (χ3n) is 2.99. The van der Waals surface area contributed by atoms with Crippen LogP contribution in [-0.4, -0.2) is 32.2 Å². The molecule has 5 nitrogen and oxygen atoms in total. The van der Waals surface area contributed by atoms with Gasteiger partial charge in [0.2, 0.25) is 0 Å². The largest absolute Gasteiger partial charge is 0.354 e. The zero-order valence-corrected chi connectivity index (χ0v) is 12.4. The van der Waals surface area contributed by atoms with E-state index in [0.717, 1.165) is 0 Å². The number of hydrogen-bond donors (Lipinski definition) is 0. The van der Waals surface area contributed by atoms with E-state index < -0.39 is 10.0 Å². The van der Waals surface area contributed by atoms with Crippen LogP contribution in [0.15, 0.2) is 33.6 Å². The smallest absolute Gasteiger partial charge is 0.285 e. The van der Waals surface area contributed by atoms with Gasteiger partial charge in [-0.15, -0.1) is 4.40 Å². The van der Waals surface area contributed by atoms with Gasteiger partial charge in [0.25, 0.3) is 10.0 Å². The predicted octanol–water partition coefficient (Wildman–Crippen LogP) is 2.01. The summed E-state index contributed by atoms with van der Waals surface area (Å²) in [5.41, 5.74) is 0.631. The van der Waals surface area contributed by atoms with Crippen LogP contribution in [0.2, 0.25) is 0 Å². The van der Waals surface area contributed by atoms with E-state index in [0.29, 0.717) is 36.8 Å². The third kappa shape index (κ3) is 2.83. The highest BCUT2D eigenvalue weighted by molar-refractivity contribution is 7.90. The molecule has 0 atom stereocenters. The molecule has 0 spiro atoms. The number of nitriles is 1. The summed E-state index contributed by atoms with van der Waals surface area (Å²) in [5.74, 6) is 0.816. The normalized spacial score (nSPS) is 15.6. The maximum absolute atomic E-state index is 12.0. The second-order valence-corrected chi connectivity index (χ2v) is 6.71. The molecule has 1 aliphatic heterocycles. The van der Waals surface area contributed by atoms with Gasteiger partial charge in [0, 0.05) is 18.7 Å². The summed E-state index contributed by atoms with van der Waals surface area (Å²) in [6.07, 6.45) is 0.341. The molecule has 1 heterocycles. The van der Waals surface area contributed by atoms with Crippen LogP contribution in [0.1, 0.15) is 25.8 Å². The first-order valence-electron chi connectivity index (χ1n) is 6.52. The van der Waals surface area contributed by atoms with Crippen molar-refractivity contribution in [3.63, 3.8) is 0 Å². The topological polar surface area (TPSA) is 73.5 Å². The molecule has 0 aliphatic carbocycles. The van der Waals surface area contributed by atoms with Gasteiger partial charge >= 0.3 is 0 Å². The van der Waals surface area contributed by atoms with Gasteiger partial charge in [0.1, 0.15) is 4.90 Å². The SMILES string of the molecule is CC(C)CN(CCC#N)C1=NS(=O)(=O)c2ccccc21. The average molecular weight is 291 g/mol. The van der Waals surface area contributed by atoms with Crippen molar-refractivity contribution in [2.75, 3.05) is 13.1 Å². The lowest BCUT2D eigenvalue weighted by atomic mass is 10.1. The Balaban J connectivity index is 2.42. The fraction of sp³-hybridized carbons (Fsp3) is 0.429. The molecular weight excluding hydrogens is 274 g/mol. The van der Waals surface area contributed by atoms with E-state index in [9.17, 15) is 8.42 Å². The van der Waals surface area contributed by atoms with E-state index in [1.165, 1.54) is 0 Å². The standard InChI is InChI=1S/C14H17N3O2S/c1-11(2)10-17(9-5-8-15)14-12-6-3-4-7-13(12)20(18,19)16-14/h3-4,6-7,11H,5,9-10H2,1-2H3. The molecule has 1 aromatic carbocycles. The quantitative estimate of drug-likeness (QED) is 0.850. The molecule has 1 aliphatic rings. The van der Waals surface area contributed by atoms with Crippen molar-refractivity contribution in [2.45, 2.75) is 25.2 Å². The molecular formula is C14H17N3O2S. The Bertz CT molecular complexity index is 672. The van der Waals surface area contributed by atoms with Gasteiger partial charge in [-0.25, -0.2) is 0 Å². The number of fused-ring (bicyclic) bond motifs is 1. The molecule has 2 rings (SSSR count). The minimum atomic E-state index is -3.60. The van der Waals surface area contributed by atoms with E-state index >= 15 is 0 Å². The van der Waals surface area contributed by atoms with Crippen LogP contribution in [0.4, 0.5) is 0 Å². The van der Waals surface area contributed by atoms with Crippen LogP contribution in [0, 0.1) is 17.2 Å². The molecule has 0 N–H and O–H groups in total. The van der Waals surface area contributed by atoms with Crippen LogP contribution < -0.4 is 0 Å². The molecule has 0 fully saturated rings. The van der Waals surface area contributed by atoms with Crippen molar-refractivity contribution in [1.82, 2.24) is 4.90 Å². The Kier molecular flexibility index (Phi) is 4.09. The molecule has 0 amide bonds. The van der Waals surface area contributed by atoms with Crippen LogP contribution in [0.3, 0.4) is 0 Å². The zero-order valence-electron chi connectivity index (χ0n) is 11.6. The predicted molar refractivity (Wildman–Crippen MR) is 76.8 cm³/mol. The van der Waals surface area contributed by atoms with Gasteiger partial charge in [0.05, 0.1) is 12.5 Å². The van der Waals surface area contributed by atoms with Crippen molar-refractivity contribution >= 4 is 15.9 Å². The van der Waals surface area contributed by atoms with Crippen molar-refractivity contribution in [2.24, 2.45) is 10.3 Å². The summed E-state index contributed by atoms with van der Waals surface area (Å²) in [4.78, 5) is 2.14. The number of benzene rings is 1. The first kappa shape index (κ1) is 14.5. The van der Waals surface area contributed by atoms with Crippen molar-refractivity contribution < 1.29 is 8.42 Å². The molecule has 20 heavy (non-hydrogen) atoms. The van der Waals surface area contributed by atoms with Gasteiger partial charge < -0.3 is 4.90 Å². The van der Waals surface area contributed by atoms with Crippen LogP contribution in [0.5, 0.6) is 0 Å². The molecule has 0 saturated carbocycles. The number of rotatable bonds is 4. The third-order valence-corrected chi connectivity index (χ3v) is 4.32. The van der Waals surface area contributed by atoms with E-state index in [1.54, 1.807) is 24.3 Å². The van der Waals surface area contributed by atoms with Crippen LogP contribution in [0.25, 0.3) is 0 Å². The van der Waals surface area contributed by atoms with E-state index in [4.69, 9.17) is 5.26 Å². The Morgan fingerprint density at radius 2 is 2.05 bits per heavy atom. The van der Waals surface area contributed by atoms with Crippen molar-refractivity contribution in [1.29, 1.82) is 5.26 Å². The first-order chi connectivity index (χ1) is 9.45. The van der Waals surface area contributed by atoms with E-state index in [1.807, 2.05) is 4.90 Å². The highest BCUT2D eigenvalue weighted by Crippen LogP contribution is 2.27. The minimum absolute atomic E-state index is 0.251. The molecule has 0 unspecified atom stereocenters. The van der Waals surface area contributed by atoms with Crippen LogP contribution in [-0.2, 0) is 10.0 Å². The van der Waals surface area contributed by atoms with E-state index in [2.05, 4.69) is 24.3 Å². The lowest BCUT2D eigenvalue weighted by molar-refractivity contribution is 0.373. The highest BCUT2D eigenvalue weighted by Gasteiger charge is 2.31. The second kappa shape index (κ2) is 5.63. The summed E-state index contributed by atoms with van der Waals surface area (Å²) in [6, 6.07) is 8.91. The summed E-state index contributed by atoms with van der Waals surface area (Å²) in [6.45, 7) is 5.26. The molecule has 6 heteroatoms. The summed E-state index contributed by atoms with van der Waals surface area (Å²) in [5, 5.41) is 8.76. The number of hydrogen-bond acceptors (Lipinski definition) is 4. The Morgan fingerprint density at radius 3 is 2.70 bits per heavy atom. The summed E-state index contributed by atoms with van der Waals surface area (Å²) >= 11 is 0. The second-order valence-electron chi connectivity index (χ2n) is 5.13. The fourth-order valence-corrected chi connectivity index (χ4v) is 3.45. The number of amidine groups is 1. The Hall–Kier alpha value is -1.87. The maximum Gasteiger partial charge on any atom is 0.285 e. The molecule has 1 aromatic rings. The maximum atomic E-state index is 12.0. The molecule has 106 valence electrons. The van der Waals surface area contributed by atoms with Gasteiger partial charge in [0.15, 0.2) is 5.84 Å². The Labute approximate surface area is 119 Å². The van der Waals surface area contributed by atoms with Crippen LogP contribution >= 0.6 is 0 Å². The highest BCUT2D eigenvalue weighted by atomic mass is 32.2.